The molecule has 0 aliphatic rings. The van der Waals surface area contributed by atoms with Crippen LogP contribution in [0.1, 0.15) is 30.7 Å². The number of nitrogens with zero attached hydrogens (tertiary/aromatic N) is 1. The Morgan fingerprint density at radius 2 is 1.86 bits per heavy atom. The van der Waals surface area contributed by atoms with E-state index in [0.717, 1.165) is 25.9 Å². The van der Waals surface area contributed by atoms with Gasteiger partial charge in [-0.05, 0) is 35.9 Å². The number of aromatic nitrogens is 1. The van der Waals surface area contributed by atoms with Gasteiger partial charge < -0.3 is 10.6 Å². The zero-order chi connectivity index (χ0) is 15.2. The number of nitrogens with one attached hydrogen (secondary N) is 2. The average Bonchev–Trinajstić information content (AvgIpc) is 2.93. The SMILES string of the molecule is CCCNc1nc(NCc2sccc2CC)c(Cl)cc1Cl. The van der Waals surface area contributed by atoms with E-state index in [-0.39, 0.29) is 0 Å². The van der Waals surface area contributed by atoms with Crippen molar-refractivity contribution in [1.82, 2.24) is 4.98 Å². The summed E-state index contributed by atoms with van der Waals surface area (Å²) in [6, 6.07) is 3.89. The van der Waals surface area contributed by atoms with Gasteiger partial charge in [0.25, 0.3) is 0 Å². The summed E-state index contributed by atoms with van der Waals surface area (Å²) in [4.78, 5) is 5.80. The van der Waals surface area contributed by atoms with Crippen LogP contribution in [-0.2, 0) is 13.0 Å². The van der Waals surface area contributed by atoms with Crippen LogP contribution < -0.4 is 10.6 Å². The summed E-state index contributed by atoms with van der Waals surface area (Å²) in [5, 5.41) is 9.71. The minimum Gasteiger partial charge on any atom is -0.369 e. The molecule has 3 nitrogen and oxygen atoms in total. The second-order valence-corrected chi connectivity index (χ2v) is 6.47. The van der Waals surface area contributed by atoms with E-state index in [1.807, 2.05) is 0 Å². The Hall–Kier alpha value is -0.970. The van der Waals surface area contributed by atoms with Crippen LogP contribution in [0, 0.1) is 0 Å². The predicted molar refractivity (Wildman–Crippen MR) is 94.1 cm³/mol. The first-order valence-corrected chi connectivity index (χ1v) is 8.68. The van der Waals surface area contributed by atoms with Gasteiger partial charge in [-0.2, -0.15) is 0 Å². The molecule has 0 saturated heterocycles. The van der Waals surface area contributed by atoms with Crippen molar-refractivity contribution < 1.29 is 0 Å². The number of anilines is 2. The molecule has 6 heteroatoms. The quantitative estimate of drug-likeness (QED) is 0.702. The lowest BCUT2D eigenvalue weighted by atomic mass is 10.2. The zero-order valence-electron chi connectivity index (χ0n) is 12.2. The molecule has 0 bridgehead atoms. The van der Waals surface area contributed by atoms with Gasteiger partial charge in [-0.25, -0.2) is 4.98 Å². The maximum absolute atomic E-state index is 6.22. The summed E-state index contributed by atoms with van der Waals surface area (Å²) in [5.41, 5.74) is 1.36. The van der Waals surface area contributed by atoms with E-state index < -0.39 is 0 Å². The van der Waals surface area contributed by atoms with E-state index in [9.17, 15) is 0 Å². The van der Waals surface area contributed by atoms with Crippen LogP contribution in [0.4, 0.5) is 11.6 Å². The molecule has 0 atom stereocenters. The lowest BCUT2D eigenvalue weighted by Gasteiger charge is -2.12. The van der Waals surface area contributed by atoms with E-state index in [1.54, 1.807) is 17.4 Å². The number of pyridine rings is 1. The highest BCUT2D eigenvalue weighted by Gasteiger charge is 2.10. The second-order valence-electron chi connectivity index (χ2n) is 4.65. The van der Waals surface area contributed by atoms with E-state index in [4.69, 9.17) is 23.2 Å². The number of thiophene rings is 1. The molecule has 2 aromatic rings. The molecule has 0 fully saturated rings. The summed E-state index contributed by atoms with van der Waals surface area (Å²) in [7, 11) is 0. The monoisotopic (exact) mass is 343 g/mol. The molecular formula is C15H19Cl2N3S. The fourth-order valence-corrected chi connectivity index (χ4v) is 3.37. The molecule has 0 unspecified atom stereocenters. The van der Waals surface area contributed by atoms with E-state index >= 15 is 0 Å². The van der Waals surface area contributed by atoms with Crippen LogP contribution in [0.25, 0.3) is 0 Å². The standard InChI is InChI=1S/C15H19Cl2N3S/c1-3-6-18-14-11(16)8-12(17)15(20-14)19-9-13-10(4-2)5-7-21-13/h5,7-8H,3-4,6,9H2,1-2H3,(H2,18,19,20). The molecule has 2 rings (SSSR count). The Bertz CT molecular complexity index is 599. The Morgan fingerprint density at radius 1 is 1.14 bits per heavy atom. The first-order valence-electron chi connectivity index (χ1n) is 7.04. The molecule has 2 aromatic heterocycles. The summed E-state index contributed by atoms with van der Waals surface area (Å²) in [6.07, 6.45) is 2.05. The Morgan fingerprint density at radius 3 is 2.52 bits per heavy atom. The molecule has 114 valence electrons. The largest absolute Gasteiger partial charge is 0.369 e. The van der Waals surface area contributed by atoms with Crippen LogP contribution in [0.5, 0.6) is 0 Å². The normalized spacial score (nSPS) is 10.7. The van der Waals surface area contributed by atoms with Crippen molar-refractivity contribution in [2.75, 3.05) is 17.2 Å². The van der Waals surface area contributed by atoms with E-state index in [2.05, 4.69) is 40.9 Å². The minimum atomic E-state index is 0.539. The second kappa shape index (κ2) is 7.87. The van der Waals surface area contributed by atoms with Gasteiger partial charge >= 0.3 is 0 Å². The molecule has 0 spiro atoms. The molecule has 2 heterocycles. The molecule has 0 aliphatic carbocycles. The Kier molecular flexibility index (Phi) is 6.15. The Balaban J connectivity index is 2.12. The third kappa shape index (κ3) is 4.25. The average molecular weight is 344 g/mol. The number of hydrogen-bond acceptors (Lipinski definition) is 4. The van der Waals surface area contributed by atoms with Crippen LogP contribution in [0.2, 0.25) is 10.0 Å². The highest BCUT2D eigenvalue weighted by Crippen LogP contribution is 2.30. The number of hydrogen-bond donors (Lipinski definition) is 2. The lowest BCUT2D eigenvalue weighted by Crippen LogP contribution is -2.07. The molecule has 0 amide bonds. The van der Waals surface area contributed by atoms with Gasteiger partial charge in [0, 0.05) is 11.4 Å². The van der Waals surface area contributed by atoms with Gasteiger partial charge in [-0.1, -0.05) is 37.0 Å². The maximum atomic E-state index is 6.22. The summed E-state index contributed by atoms with van der Waals surface area (Å²) >= 11 is 14.1. The third-order valence-electron chi connectivity index (χ3n) is 3.11. The fourth-order valence-electron chi connectivity index (χ4n) is 1.96. The first kappa shape index (κ1) is 16.4. The topological polar surface area (TPSA) is 37.0 Å². The molecule has 0 saturated carbocycles. The van der Waals surface area contributed by atoms with E-state index in [0.29, 0.717) is 21.7 Å². The van der Waals surface area contributed by atoms with Gasteiger partial charge in [0.1, 0.15) is 11.6 Å². The highest BCUT2D eigenvalue weighted by molar-refractivity contribution is 7.10. The van der Waals surface area contributed by atoms with E-state index in [1.165, 1.54) is 10.4 Å². The van der Waals surface area contributed by atoms with Crippen LogP contribution in [0.3, 0.4) is 0 Å². The summed E-state index contributed by atoms with van der Waals surface area (Å²) in [5.74, 6) is 1.34. The van der Waals surface area contributed by atoms with Gasteiger partial charge in [0.05, 0.1) is 16.6 Å². The Labute approximate surface area is 139 Å². The number of aryl methyl sites for hydroxylation is 1. The van der Waals surface area contributed by atoms with Crippen LogP contribution in [-0.4, -0.2) is 11.5 Å². The molecule has 21 heavy (non-hydrogen) atoms. The highest BCUT2D eigenvalue weighted by atomic mass is 35.5. The molecule has 0 aromatic carbocycles. The molecule has 0 aliphatic heterocycles. The lowest BCUT2D eigenvalue weighted by molar-refractivity contribution is 0.968. The van der Waals surface area contributed by atoms with Crippen molar-refractivity contribution in [2.24, 2.45) is 0 Å². The van der Waals surface area contributed by atoms with Gasteiger partial charge in [0.2, 0.25) is 0 Å². The number of rotatable bonds is 7. The van der Waals surface area contributed by atoms with Crippen molar-refractivity contribution in [1.29, 1.82) is 0 Å². The zero-order valence-corrected chi connectivity index (χ0v) is 14.5. The maximum Gasteiger partial charge on any atom is 0.147 e. The predicted octanol–water partition coefficient (Wildman–Crippen LogP) is 5.45. The molecule has 0 radical (unpaired) electrons. The van der Waals surface area contributed by atoms with Gasteiger partial charge in [-0.3, -0.25) is 0 Å². The van der Waals surface area contributed by atoms with Crippen molar-refractivity contribution in [3.63, 3.8) is 0 Å². The fraction of sp³-hybridized carbons (Fsp3) is 0.400. The van der Waals surface area contributed by atoms with Crippen molar-refractivity contribution in [3.8, 4) is 0 Å². The van der Waals surface area contributed by atoms with Crippen LogP contribution in [0.15, 0.2) is 17.5 Å². The van der Waals surface area contributed by atoms with Crippen molar-refractivity contribution in [3.05, 3.63) is 38.0 Å². The van der Waals surface area contributed by atoms with Crippen LogP contribution >= 0.6 is 34.5 Å². The van der Waals surface area contributed by atoms with Crippen molar-refractivity contribution in [2.45, 2.75) is 33.2 Å². The van der Waals surface area contributed by atoms with Gasteiger partial charge in [-0.15, -0.1) is 11.3 Å². The third-order valence-corrected chi connectivity index (χ3v) is 4.65. The minimum absolute atomic E-state index is 0.539. The molecular weight excluding hydrogens is 325 g/mol. The summed E-state index contributed by atoms with van der Waals surface area (Å²) < 4.78 is 0. The van der Waals surface area contributed by atoms with Gasteiger partial charge in [0.15, 0.2) is 0 Å². The molecule has 2 N–H and O–H groups in total. The summed E-state index contributed by atoms with van der Waals surface area (Å²) in [6.45, 7) is 5.81. The van der Waals surface area contributed by atoms with Crippen molar-refractivity contribution >= 4 is 46.2 Å². The number of halogens is 2. The first-order chi connectivity index (χ1) is 10.2. The smallest absolute Gasteiger partial charge is 0.147 e.